The van der Waals surface area contributed by atoms with E-state index in [0.717, 1.165) is 0 Å². The third kappa shape index (κ3) is 3.90. The highest BCUT2D eigenvalue weighted by Gasteiger charge is 2.11. The monoisotopic (exact) mass is 357 g/mol. The predicted octanol–water partition coefficient (Wildman–Crippen LogP) is 1.99. The lowest BCUT2D eigenvalue weighted by Crippen LogP contribution is -2.04. The molecule has 0 bridgehead atoms. The summed E-state index contributed by atoms with van der Waals surface area (Å²) in [6.07, 6.45) is 0. The number of halogens is 2. The largest absolute Gasteiger partial charge is 0.435 e. The molecular weight excluding hydrogens is 348 g/mol. The molecule has 2 heterocycles. The number of rotatable bonds is 6. The van der Waals surface area contributed by atoms with E-state index >= 15 is 0 Å². The van der Waals surface area contributed by atoms with Crippen molar-refractivity contribution in [3.05, 3.63) is 30.1 Å². The number of anilines is 1. The van der Waals surface area contributed by atoms with Crippen molar-refractivity contribution in [1.82, 2.24) is 30.4 Å². The number of tetrazole rings is 1. The van der Waals surface area contributed by atoms with Crippen molar-refractivity contribution in [3.8, 4) is 11.4 Å². The predicted molar refractivity (Wildman–Crippen MR) is 79.7 cm³/mol. The quantitative estimate of drug-likeness (QED) is 0.668. The Kier molecular flexibility index (Phi) is 4.62. The highest BCUT2D eigenvalue weighted by Crippen LogP contribution is 2.26. The summed E-state index contributed by atoms with van der Waals surface area (Å²) in [5, 5.41) is 19.5. The molecule has 0 aliphatic heterocycles. The Hall–Kier alpha value is -2.34. The van der Waals surface area contributed by atoms with Crippen molar-refractivity contribution in [1.29, 1.82) is 0 Å². The molecule has 0 fully saturated rings. The molecule has 0 saturated carbocycles. The van der Waals surface area contributed by atoms with Crippen LogP contribution in [0.2, 0.25) is 0 Å². The van der Waals surface area contributed by atoms with Crippen LogP contribution in [-0.2, 0) is 5.75 Å². The second-order valence-electron chi connectivity index (χ2n) is 4.07. The summed E-state index contributed by atoms with van der Waals surface area (Å²) < 4.78 is 30.8. The summed E-state index contributed by atoms with van der Waals surface area (Å²) >= 11 is 2.67. The minimum Gasteiger partial charge on any atom is -0.435 e. The second kappa shape index (κ2) is 6.83. The first-order chi connectivity index (χ1) is 11.1. The van der Waals surface area contributed by atoms with Gasteiger partial charge in [0, 0.05) is 0 Å². The van der Waals surface area contributed by atoms with Crippen LogP contribution < -0.4 is 10.5 Å². The second-order valence-corrected chi connectivity index (χ2v) is 6.31. The van der Waals surface area contributed by atoms with Gasteiger partial charge in [-0.1, -0.05) is 23.1 Å². The Morgan fingerprint density at radius 1 is 1.22 bits per heavy atom. The number of aromatic nitrogens is 6. The van der Waals surface area contributed by atoms with Gasteiger partial charge in [-0.05, 0) is 34.7 Å². The molecule has 0 radical (unpaired) electrons. The Morgan fingerprint density at radius 3 is 2.65 bits per heavy atom. The van der Waals surface area contributed by atoms with Gasteiger partial charge in [0.15, 0.2) is 10.2 Å². The van der Waals surface area contributed by atoms with Crippen molar-refractivity contribution in [2.75, 3.05) is 5.73 Å². The van der Waals surface area contributed by atoms with Crippen LogP contribution in [0.3, 0.4) is 0 Å². The molecule has 0 amide bonds. The van der Waals surface area contributed by atoms with Crippen LogP contribution in [0.4, 0.5) is 13.9 Å². The molecule has 0 atom stereocenters. The van der Waals surface area contributed by atoms with Gasteiger partial charge in [-0.2, -0.15) is 13.5 Å². The number of nitrogens with zero attached hydrogens (tertiary/aromatic N) is 6. The SMILES string of the molecule is Nc1nnc(SCc2nnnn2-c2ccc(OC(F)F)cc2)s1. The van der Waals surface area contributed by atoms with Crippen molar-refractivity contribution in [3.63, 3.8) is 0 Å². The van der Waals surface area contributed by atoms with Crippen molar-refractivity contribution < 1.29 is 13.5 Å². The molecular formula is C11H9F2N7OS2. The lowest BCUT2D eigenvalue weighted by Gasteiger charge is -2.06. The molecule has 23 heavy (non-hydrogen) atoms. The van der Waals surface area contributed by atoms with Crippen LogP contribution in [0.1, 0.15) is 5.82 Å². The van der Waals surface area contributed by atoms with Crippen LogP contribution in [0.15, 0.2) is 28.6 Å². The van der Waals surface area contributed by atoms with Gasteiger partial charge in [-0.15, -0.1) is 15.3 Å². The fourth-order valence-electron chi connectivity index (χ4n) is 1.67. The van der Waals surface area contributed by atoms with E-state index in [1.807, 2.05) is 0 Å². The number of benzene rings is 1. The normalized spacial score (nSPS) is 11.1. The van der Waals surface area contributed by atoms with E-state index in [1.54, 1.807) is 12.1 Å². The van der Waals surface area contributed by atoms with Gasteiger partial charge in [0.05, 0.1) is 11.4 Å². The van der Waals surface area contributed by atoms with Crippen LogP contribution >= 0.6 is 23.1 Å². The molecule has 2 N–H and O–H groups in total. The molecule has 2 aromatic heterocycles. The highest BCUT2D eigenvalue weighted by molar-refractivity contribution is 8.00. The minimum atomic E-state index is -2.86. The average Bonchev–Trinajstić information content (AvgIpc) is 3.14. The van der Waals surface area contributed by atoms with Gasteiger partial charge in [-0.25, -0.2) is 0 Å². The molecule has 3 aromatic rings. The Morgan fingerprint density at radius 2 is 2.00 bits per heavy atom. The van der Waals surface area contributed by atoms with E-state index in [-0.39, 0.29) is 5.75 Å². The van der Waals surface area contributed by atoms with E-state index in [4.69, 9.17) is 5.73 Å². The van der Waals surface area contributed by atoms with Gasteiger partial charge in [0.25, 0.3) is 0 Å². The van der Waals surface area contributed by atoms with Gasteiger partial charge >= 0.3 is 6.61 Å². The van der Waals surface area contributed by atoms with E-state index in [9.17, 15) is 8.78 Å². The van der Waals surface area contributed by atoms with Gasteiger partial charge in [-0.3, -0.25) is 0 Å². The number of hydrogen-bond donors (Lipinski definition) is 1. The molecule has 1 aromatic carbocycles. The van der Waals surface area contributed by atoms with Crippen LogP contribution in [0, 0.1) is 0 Å². The lowest BCUT2D eigenvalue weighted by atomic mass is 10.3. The van der Waals surface area contributed by atoms with Crippen molar-refractivity contribution in [2.45, 2.75) is 16.7 Å². The molecule has 120 valence electrons. The fourth-order valence-corrected chi connectivity index (χ4v) is 3.21. The number of thioether (sulfide) groups is 1. The summed E-state index contributed by atoms with van der Waals surface area (Å²) in [6, 6.07) is 6.02. The lowest BCUT2D eigenvalue weighted by molar-refractivity contribution is -0.0498. The Bertz CT molecular complexity index is 777. The maximum Gasteiger partial charge on any atom is 0.387 e. The number of nitrogen functional groups attached to an aromatic ring is 1. The summed E-state index contributed by atoms with van der Waals surface area (Å²) in [7, 11) is 0. The van der Waals surface area contributed by atoms with Gasteiger partial charge in [0.2, 0.25) is 5.13 Å². The molecule has 0 aliphatic rings. The summed E-state index contributed by atoms with van der Waals surface area (Å²) in [5.74, 6) is 1.10. The molecule has 3 rings (SSSR count). The summed E-state index contributed by atoms with van der Waals surface area (Å²) in [6.45, 7) is -2.86. The minimum absolute atomic E-state index is 0.0667. The first-order valence-electron chi connectivity index (χ1n) is 6.16. The molecule has 12 heteroatoms. The topological polar surface area (TPSA) is 105 Å². The highest BCUT2D eigenvalue weighted by atomic mass is 32.2. The zero-order chi connectivity index (χ0) is 16.2. The van der Waals surface area contributed by atoms with Gasteiger partial charge in [0.1, 0.15) is 5.75 Å². The molecule has 8 nitrogen and oxygen atoms in total. The summed E-state index contributed by atoms with van der Waals surface area (Å²) in [4.78, 5) is 0. The van der Waals surface area contributed by atoms with Crippen molar-refractivity contribution in [2.24, 2.45) is 0 Å². The van der Waals surface area contributed by atoms with Crippen LogP contribution in [0.25, 0.3) is 5.69 Å². The summed E-state index contributed by atoms with van der Waals surface area (Å²) in [5.41, 5.74) is 6.15. The Balaban J connectivity index is 1.72. The van der Waals surface area contributed by atoms with Crippen LogP contribution in [-0.4, -0.2) is 37.0 Å². The average molecular weight is 357 g/mol. The van der Waals surface area contributed by atoms with Gasteiger partial charge < -0.3 is 10.5 Å². The van der Waals surface area contributed by atoms with E-state index in [2.05, 4.69) is 30.5 Å². The maximum absolute atomic E-state index is 12.1. The fraction of sp³-hybridized carbons (Fsp3) is 0.182. The number of hydrogen-bond acceptors (Lipinski definition) is 9. The molecule has 0 spiro atoms. The third-order valence-corrected chi connectivity index (χ3v) is 4.47. The first kappa shape index (κ1) is 15.6. The first-order valence-corrected chi connectivity index (χ1v) is 7.96. The number of ether oxygens (including phenoxy) is 1. The Labute approximate surface area is 136 Å². The molecule has 0 saturated heterocycles. The van der Waals surface area contributed by atoms with E-state index < -0.39 is 6.61 Å². The van der Waals surface area contributed by atoms with Crippen molar-refractivity contribution >= 4 is 28.2 Å². The molecule has 0 unspecified atom stereocenters. The smallest absolute Gasteiger partial charge is 0.387 e. The number of nitrogens with two attached hydrogens (primary N) is 1. The molecule has 0 aliphatic carbocycles. The van der Waals surface area contributed by atoms with E-state index in [0.29, 0.717) is 26.7 Å². The number of alkyl halides is 2. The third-order valence-electron chi connectivity index (χ3n) is 2.59. The maximum atomic E-state index is 12.1. The van der Waals surface area contributed by atoms with Crippen LogP contribution in [0.5, 0.6) is 5.75 Å². The zero-order valence-electron chi connectivity index (χ0n) is 11.3. The van der Waals surface area contributed by atoms with E-state index in [1.165, 1.54) is 39.9 Å². The standard InChI is InChI=1S/C11H9F2N7OS2/c12-9(13)21-7-3-1-6(2-4-7)20-8(15-18-19-20)5-22-11-17-16-10(14)23-11/h1-4,9H,5H2,(H2,14,16). The zero-order valence-corrected chi connectivity index (χ0v) is 13.0.